The van der Waals surface area contributed by atoms with Crippen molar-refractivity contribution in [2.45, 2.75) is 25.1 Å². The van der Waals surface area contributed by atoms with Crippen LogP contribution in [-0.2, 0) is 4.74 Å². The first-order chi connectivity index (χ1) is 11.6. The molecule has 0 amide bonds. The van der Waals surface area contributed by atoms with Gasteiger partial charge in [0, 0.05) is 36.5 Å². The van der Waals surface area contributed by atoms with Crippen LogP contribution in [0.2, 0.25) is 0 Å². The molecule has 5 nitrogen and oxygen atoms in total. The van der Waals surface area contributed by atoms with E-state index in [4.69, 9.17) is 4.74 Å². The lowest BCUT2D eigenvalue weighted by atomic mass is 10.1. The number of hydrogen-bond acceptors (Lipinski definition) is 5. The second-order valence-corrected chi connectivity index (χ2v) is 7.12. The number of aromatic amines is 1. The molecule has 0 saturated carbocycles. The molecule has 2 heterocycles. The highest BCUT2D eigenvalue weighted by atomic mass is 32.2. The fourth-order valence-electron chi connectivity index (χ4n) is 2.82. The monoisotopic (exact) mass is 345 g/mol. The van der Waals surface area contributed by atoms with Crippen LogP contribution in [0, 0.1) is 6.92 Å². The molecule has 1 aliphatic rings. The number of ether oxygens (including phenoxy) is 1. The lowest BCUT2D eigenvalue weighted by Gasteiger charge is -2.30. The van der Waals surface area contributed by atoms with Crippen LogP contribution >= 0.6 is 11.8 Å². The van der Waals surface area contributed by atoms with Gasteiger partial charge in [-0.2, -0.15) is 0 Å². The second kappa shape index (κ2) is 7.96. The number of H-pyrrole nitrogens is 1. The Balaban J connectivity index is 1.68. The van der Waals surface area contributed by atoms with Gasteiger partial charge in [-0.1, -0.05) is 42.1 Å². The third-order valence-corrected chi connectivity index (χ3v) is 5.00. The Labute approximate surface area is 146 Å². The van der Waals surface area contributed by atoms with Crippen LogP contribution in [0.4, 0.5) is 0 Å². The van der Waals surface area contributed by atoms with Gasteiger partial charge in [-0.25, -0.2) is 4.98 Å². The summed E-state index contributed by atoms with van der Waals surface area (Å²) in [6.45, 7) is 7.62. The smallest absolute Gasteiger partial charge is 0.255 e. The molecular weight excluding hydrogens is 322 g/mol. The second-order valence-electron chi connectivity index (χ2n) is 6.04. The molecule has 0 bridgehead atoms. The number of morpholine rings is 1. The van der Waals surface area contributed by atoms with Gasteiger partial charge in [-0.05, 0) is 13.8 Å². The zero-order chi connectivity index (χ0) is 16.9. The van der Waals surface area contributed by atoms with Gasteiger partial charge in [0.2, 0.25) is 0 Å². The first-order valence-electron chi connectivity index (χ1n) is 8.26. The Kier molecular flexibility index (Phi) is 5.71. The highest BCUT2D eigenvalue weighted by molar-refractivity contribution is 7.99. The van der Waals surface area contributed by atoms with Crippen molar-refractivity contribution in [1.82, 2.24) is 14.9 Å². The molecule has 1 aromatic heterocycles. The Morgan fingerprint density at radius 2 is 2.17 bits per heavy atom. The summed E-state index contributed by atoms with van der Waals surface area (Å²) in [7, 11) is 0. The van der Waals surface area contributed by atoms with Crippen LogP contribution in [0.5, 0.6) is 0 Å². The van der Waals surface area contributed by atoms with Gasteiger partial charge < -0.3 is 9.72 Å². The maximum absolute atomic E-state index is 12.2. The first-order valence-corrected chi connectivity index (χ1v) is 9.25. The minimum atomic E-state index is -0.0636. The maximum Gasteiger partial charge on any atom is 0.255 e. The quantitative estimate of drug-likeness (QED) is 0.667. The van der Waals surface area contributed by atoms with E-state index in [-0.39, 0.29) is 5.56 Å². The van der Waals surface area contributed by atoms with E-state index < -0.39 is 0 Å². The summed E-state index contributed by atoms with van der Waals surface area (Å²) in [6, 6.07) is 9.86. The van der Waals surface area contributed by atoms with E-state index in [0.29, 0.717) is 16.8 Å². The van der Waals surface area contributed by atoms with Crippen LogP contribution in [-0.4, -0.2) is 53.0 Å². The lowest BCUT2D eigenvalue weighted by molar-refractivity contribution is -0.0158. The summed E-state index contributed by atoms with van der Waals surface area (Å²) < 4.78 is 5.56. The van der Waals surface area contributed by atoms with Crippen molar-refractivity contribution in [3.8, 4) is 11.3 Å². The molecule has 24 heavy (non-hydrogen) atoms. The van der Waals surface area contributed by atoms with Crippen molar-refractivity contribution in [3.63, 3.8) is 0 Å². The van der Waals surface area contributed by atoms with Gasteiger partial charge >= 0.3 is 0 Å². The highest BCUT2D eigenvalue weighted by Crippen LogP contribution is 2.21. The molecule has 1 fully saturated rings. The van der Waals surface area contributed by atoms with Crippen molar-refractivity contribution < 1.29 is 4.74 Å². The topological polar surface area (TPSA) is 58.2 Å². The molecule has 0 unspecified atom stereocenters. The summed E-state index contributed by atoms with van der Waals surface area (Å²) in [5.74, 6) is 0.896. The van der Waals surface area contributed by atoms with Gasteiger partial charge in [0.1, 0.15) is 0 Å². The third-order valence-electron chi connectivity index (χ3n) is 4.15. The number of thioether (sulfide) groups is 1. The van der Waals surface area contributed by atoms with E-state index in [1.165, 1.54) is 0 Å². The number of benzene rings is 1. The first kappa shape index (κ1) is 17.2. The molecule has 1 aromatic carbocycles. The van der Waals surface area contributed by atoms with Gasteiger partial charge in [0.15, 0.2) is 5.16 Å². The zero-order valence-corrected chi connectivity index (χ0v) is 14.9. The van der Waals surface area contributed by atoms with Crippen molar-refractivity contribution in [1.29, 1.82) is 0 Å². The molecule has 0 aliphatic carbocycles. The lowest BCUT2D eigenvalue weighted by Crippen LogP contribution is -2.42. The molecule has 0 radical (unpaired) electrons. The van der Waals surface area contributed by atoms with E-state index in [1.807, 2.05) is 37.3 Å². The fourth-order valence-corrected chi connectivity index (χ4v) is 3.69. The largest absolute Gasteiger partial charge is 0.376 e. The zero-order valence-electron chi connectivity index (χ0n) is 14.1. The molecular formula is C18H23N3O2S. The number of hydrogen-bond donors (Lipinski definition) is 1. The molecule has 3 rings (SSSR count). The van der Waals surface area contributed by atoms with E-state index in [0.717, 1.165) is 43.3 Å². The molecule has 1 aliphatic heterocycles. The molecule has 1 N–H and O–H groups in total. The van der Waals surface area contributed by atoms with Crippen LogP contribution in [0.15, 0.2) is 40.3 Å². The van der Waals surface area contributed by atoms with Gasteiger partial charge in [-0.3, -0.25) is 9.69 Å². The minimum Gasteiger partial charge on any atom is -0.376 e. The number of nitrogens with zero attached hydrogens (tertiary/aromatic N) is 2. The summed E-state index contributed by atoms with van der Waals surface area (Å²) >= 11 is 1.60. The Hall–Kier alpha value is -1.63. The van der Waals surface area contributed by atoms with E-state index in [9.17, 15) is 4.79 Å². The van der Waals surface area contributed by atoms with Crippen LogP contribution in [0.3, 0.4) is 0 Å². The molecule has 128 valence electrons. The van der Waals surface area contributed by atoms with Gasteiger partial charge in [0.25, 0.3) is 5.56 Å². The molecule has 2 aromatic rings. The van der Waals surface area contributed by atoms with Gasteiger partial charge in [-0.15, -0.1) is 0 Å². The van der Waals surface area contributed by atoms with Crippen molar-refractivity contribution in [2.75, 3.05) is 32.0 Å². The average molecular weight is 345 g/mol. The number of nitrogens with one attached hydrogen (secondary N) is 1. The van der Waals surface area contributed by atoms with Crippen LogP contribution in [0.25, 0.3) is 11.3 Å². The average Bonchev–Trinajstić information content (AvgIpc) is 2.59. The maximum atomic E-state index is 12.2. The Morgan fingerprint density at radius 1 is 1.38 bits per heavy atom. The minimum absolute atomic E-state index is 0.0636. The summed E-state index contributed by atoms with van der Waals surface area (Å²) in [5.41, 5.74) is 2.34. The van der Waals surface area contributed by atoms with E-state index in [2.05, 4.69) is 21.8 Å². The predicted molar refractivity (Wildman–Crippen MR) is 97.6 cm³/mol. The van der Waals surface area contributed by atoms with Crippen LogP contribution in [0.1, 0.15) is 12.5 Å². The van der Waals surface area contributed by atoms with E-state index in [1.54, 1.807) is 11.8 Å². The SMILES string of the molecule is Cc1c(-c2ccccc2)nc(SCCN2CCO[C@@H](C)C2)[nH]c1=O. The Bertz CT molecular complexity index is 733. The molecule has 1 atom stereocenters. The molecule has 0 spiro atoms. The van der Waals surface area contributed by atoms with Crippen molar-refractivity contribution in [3.05, 3.63) is 46.2 Å². The third kappa shape index (κ3) is 4.26. The van der Waals surface area contributed by atoms with Gasteiger partial charge in [0.05, 0.1) is 18.4 Å². The summed E-state index contributed by atoms with van der Waals surface area (Å²) in [4.78, 5) is 22.2. The summed E-state index contributed by atoms with van der Waals surface area (Å²) in [6.07, 6.45) is 0.297. The van der Waals surface area contributed by atoms with E-state index >= 15 is 0 Å². The standard InChI is InChI=1S/C18H23N3O2S/c1-13-12-21(8-10-23-13)9-11-24-18-19-16(14(2)17(22)20-18)15-6-4-3-5-7-15/h3-7,13H,8-12H2,1-2H3,(H,19,20,22)/t13-/m0/s1. The number of rotatable bonds is 5. The highest BCUT2D eigenvalue weighted by Gasteiger charge is 2.16. The normalized spacial score (nSPS) is 18.7. The van der Waals surface area contributed by atoms with Crippen LogP contribution < -0.4 is 5.56 Å². The molecule has 1 saturated heterocycles. The number of aromatic nitrogens is 2. The summed E-state index contributed by atoms with van der Waals surface area (Å²) in [5, 5.41) is 0.686. The predicted octanol–water partition coefficient (Wildman–Crippen LogP) is 2.56. The van der Waals surface area contributed by atoms with Crippen molar-refractivity contribution in [2.24, 2.45) is 0 Å². The fraction of sp³-hybridized carbons (Fsp3) is 0.444. The van der Waals surface area contributed by atoms with Crippen molar-refractivity contribution >= 4 is 11.8 Å². The Morgan fingerprint density at radius 3 is 2.92 bits per heavy atom. The molecule has 6 heteroatoms.